The standard InChI is InChI=1S/C68H130O30/c1-5-10-71-14-18-75-22-24-77-20-16-73-12-8-66(69)7-6-11-72-15-19-76-23-26-79-28-30-81-32-34-83-36-38-85-40-42-87-44-46-89-48-50-91-52-54-93-56-58-95-60-62-97-64-65-98-63-61-96-59-57-94-55-53-92-51-49-90-47-45-88-43-41-86-39-37-84-35-33-82-31-29-80-27-25-78-21-17-74-13-9-67(70)68(2,3)4/h1H,6-65H2,2-4H3. The lowest BCUT2D eigenvalue weighted by Crippen LogP contribution is -2.22. The molecule has 0 saturated carbocycles. The van der Waals surface area contributed by atoms with Crippen LogP contribution in [0.1, 0.15) is 46.5 Å². The van der Waals surface area contributed by atoms with Crippen molar-refractivity contribution in [3.63, 3.8) is 0 Å². The molecule has 0 bridgehead atoms. The summed E-state index contributed by atoms with van der Waals surface area (Å²) in [6, 6.07) is 0. The maximum Gasteiger partial charge on any atom is 0.140 e. The maximum atomic E-state index is 12.0. The van der Waals surface area contributed by atoms with Gasteiger partial charge in [-0.1, -0.05) is 26.7 Å². The van der Waals surface area contributed by atoms with Gasteiger partial charge in [0.1, 0.15) is 18.2 Å². The molecular formula is C68H130O30. The zero-order valence-corrected chi connectivity index (χ0v) is 60.3. The number of hydrogen-bond acceptors (Lipinski definition) is 30. The fourth-order valence-corrected chi connectivity index (χ4v) is 7.17. The monoisotopic (exact) mass is 1430 g/mol. The van der Waals surface area contributed by atoms with E-state index in [4.69, 9.17) is 139 Å². The van der Waals surface area contributed by atoms with Crippen molar-refractivity contribution >= 4 is 11.6 Å². The van der Waals surface area contributed by atoms with Crippen LogP contribution < -0.4 is 0 Å². The Balaban J connectivity index is 3.12. The van der Waals surface area contributed by atoms with E-state index in [1.165, 1.54) is 0 Å². The predicted molar refractivity (Wildman–Crippen MR) is 360 cm³/mol. The molecule has 0 saturated heterocycles. The van der Waals surface area contributed by atoms with Crippen LogP contribution in [-0.4, -0.2) is 382 Å². The minimum absolute atomic E-state index is 0.151. The van der Waals surface area contributed by atoms with Crippen molar-refractivity contribution < 1.29 is 142 Å². The summed E-state index contributed by atoms with van der Waals surface area (Å²) in [7, 11) is 0. The molecule has 0 aromatic heterocycles. The van der Waals surface area contributed by atoms with E-state index < -0.39 is 0 Å². The summed E-state index contributed by atoms with van der Waals surface area (Å²) in [5.74, 6) is 2.74. The van der Waals surface area contributed by atoms with E-state index in [9.17, 15) is 9.59 Å². The number of hydrogen-bond donors (Lipinski definition) is 0. The first kappa shape index (κ1) is 95.8. The Morgan fingerprint density at radius 1 is 0.204 bits per heavy atom. The van der Waals surface area contributed by atoms with E-state index in [2.05, 4.69) is 5.92 Å². The third-order valence-corrected chi connectivity index (χ3v) is 12.4. The molecule has 0 aliphatic heterocycles. The molecule has 0 heterocycles. The average Bonchev–Trinajstić information content (AvgIpc) is 1.51. The van der Waals surface area contributed by atoms with Gasteiger partial charge >= 0.3 is 0 Å². The highest BCUT2D eigenvalue weighted by Gasteiger charge is 2.20. The molecule has 98 heavy (non-hydrogen) atoms. The summed E-state index contributed by atoms with van der Waals surface area (Å²) >= 11 is 0. The summed E-state index contributed by atoms with van der Waals surface area (Å²) in [5, 5.41) is 0. The van der Waals surface area contributed by atoms with E-state index in [-0.39, 0.29) is 23.6 Å². The fraction of sp³-hybridized carbons (Fsp3) is 0.941. The second-order valence-electron chi connectivity index (χ2n) is 21.6. The zero-order chi connectivity index (χ0) is 70.6. The first-order valence-corrected chi connectivity index (χ1v) is 35.0. The quantitative estimate of drug-likeness (QED) is 0.0625. The first-order valence-electron chi connectivity index (χ1n) is 35.0. The fourth-order valence-electron chi connectivity index (χ4n) is 7.17. The van der Waals surface area contributed by atoms with Gasteiger partial charge in [0.05, 0.1) is 357 Å². The van der Waals surface area contributed by atoms with Crippen LogP contribution in [-0.2, 0) is 142 Å². The molecule has 0 radical (unpaired) electrons. The minimum Gasteiger partial charge on any atom is -0.379 e. The molecule has 0 aromatic rings. The topological polar surface area (TPSA) is 293 Å². The molecule has 30 heteroatoms. The van der Waals surface area contributed by atoms with E-state index in [0.29, 0.717) is 389 Å². The van der Waals surface area contributed by atoms with Crippen LogP contribution in [0.25, 0.3) is 0 Å². The Morgan fingerprint density at radius 3 is 0.510 bits per heavy atom. The molecule has 0 N–H and O–H groups in total. The van der Waals surface area contributed by atoms with Gasteiger partial charge in [0.25, 0.3) is 0 Å². The molecule has 582 valence electrons. The highest BCUT2D eigenvalue weighted by Crippen LogP contribution is 2.16. The van der Waals surface area contributed by atoms with Crippen molar-refractivity contribution in [2.45, 2.75) is 46.5 Å². The lowest BCUT2D eigenvalue weighted by atomic mass is 9.89. The number of terminal acetylenes is 1. The number of rotatable bonds is 89. The SMILES string of the molecule is C#CCOCCOCCOCCOCCC(=O)CCCOCCOCCOCCOCCOCCOCCOCCOCCOCCOCCOCCOCCOCCOCCOCCOCCOCCOCCOCCOCCOCCOCCOCCOCCC(=O)C(C)(C)C. The van der Waals surface area contributed by atoms with E-state index >= 15 is 0 Å². The van der Waals surface area contributed by atoms with Crippen molar-refractivity contribution in [1.29, 1.82) is 0 Å². The summed E-state index contributed by atoms with van der Waals surface area (Å²) in [6.45, 7) is 32.0. The molecule has 0 amide bonds. The van der Waals surface area contributed by atoms with Crippen molar-refractivity contribution in [2.75, 3.05) is 370 Å². The smallest absolute Gasteiger partial charge is 0.140 e. The Morgan fingerprint density at radius 2 is 0.347 bits per heavy atom. The first-order chi connectivity index (χ1) is 48.4. The van der Waals surface area contributed by atoms with Crippen molar-refractivity contribution in [3.8, 4) is 12.3 Å². The van der Waals surface area contributed by atoms with Crippen molar-refractivity contribution in [3.05, 3.63) is 0 Å². The number of carbonyl (C=O) groups excluding carboxylic acids is 2. The Kier molecular flexibility index (Phi) is 83.5. The van der Waals surface area contributed by atoms with E-state index in [1.807, 2.05) is 20.8 Å². The maximum absolute atomic E-state index is 12.0. The van der Waals surface area contributed by atoms with Gasteiger partial charge in [0, 0.05) is 31.3 Å². The van der Waals surface area contributed by atoms with Crippen LogP contribution in [0.4, 0.5) is 0 Å². The van der Waals surface area contributed by atoms with Crippen molar-refractivity contribution in [1.82, 2.24) is 0 Å². The molecule has 30 nitrogen and oxygen atoms in total. The molecule has 0 aliphatic carbocycles. The van der Waals surface area contributed by atoms with Gasteiger partial charge in [0.2, 0.25) is 0 Å². The highest BCUT2D eigenvalue weighted by molar-refractivity contribution is 5.83. The van der Waals surface area contributed by atoms with Gasteiger partial charge in [-0.2, -0.15) is 0 Å². The van der Waals surface area contributed by atoms with Gasteiger partial charge in [-0.25, -0.2) is 0 Å². The third-order valence-electron chi connectivity index (χ3n) is 12.4. The van der Waals surface area contributed by atoms with E-state index in [0.717, 1.165) is 0 Å². The molecular weight excluding hydrogens is 1300 g/mol. The van der Waals surface area contributed by atoms with Gasteiger partial charge in [-0.3, -0.25) is 9.59 Å². The molecule has 0 unspecified atom stereocenters. The molecule has 0 aromatic carbocycles. The number of carbonyl (C=O) groups is 2. The van der Waals surface area contributed by atoms with Gasteiger partial charge in [-0.15, -0.1) is 6.42 Å². The minimum atomic E-state index is -0.326. The normalized spacial score (nSPS) is 11.8. The van der Waals surface area contributed by atoms with Crippen LogP contribution in [0.2, 0.25) is 0 Å². The lowest BCUT2D eigenvalue weighted by Gasteiger charge is -2.16. The summed E-state index contributed by atoms with van der Waals surface area (Å²) in [4.78, 5) is 23.9. The second-order valence-corrected chi connectivity index (χ2v) is 21.6. The Bertz CT molecular complexity index is 1580. The molecule has 0 spiro atoms. The number of ketones is 2. The summed E-state index contributed by atoms with van der Waals surface area (Å²) < 4.78 is 154. The summed E-state index contributed by atoms with van der Waals surface area (Å²) in [5.41, 5.74) is -0.326. The Labute approximate surface area is 586 Å². The number of Topliss-reactive ketones (excluding diaryl/α,β-unsaturated/α-hetero) is 2. The number of ether oxygens (including phenoxy) is 28. The molecule has 0 rings (SSSR count). The summed E-state index contributed by atoms with van der Waals surface area (Å²) in [6.07, 6.45) is 7.03. The van der Waals surface area contributed by atoms with Crippen LogP contribution in [0.3, 0.4) is 0 Å². The van der Waals surface area contributed by atoms with Gasteiger partial charge in [0.15, 0.2) is 0 Å². The van der Waals surface area contributed by atoms with Crippen molar-refractivity contribution in [2.24, 2.45) is 5.41 Å². The molecule has 0 aliphatic rings. The van der Waals surface area contributed by atoms with Crippen LogP contribution in [0.15, 0.2) is 0 Å². The largest absolute Gasteiger partial charge is 0.379 e. The third kappa shape index (κ3) is 86.2. The highest BCUT2D eigenvalue weighted by atomic mass is 16.6. The lowest BCUT2D eigenvalue weighted by molar-refractivity contribution is -0.127. The second kappa shape index (κ2) is 85.4. The van der Waals surface area contributed by atoms with E-state index in [1.54, 1.807) is 0 Å². The molecule has 0 fully saturated rings. The Hall–Kier alpha value is -2.22. The predicted octanol–water partition coefficient (Wildman–Crippen LogP) is 2.83. The van der Waals surface area contributed by atoms with Crippen LogP contribution in [0, 0.1) is 17.8 Å². The van der Waals surface area contributed by atoms with Crippen LogP contribution in [0.5, 0.6) is 0 Å². The van der Waals surface area contributed by atoms with Gasteiger partial charge in [-0.05, 0) is 6.42 Å². The van der Waals surface area contributed by atoms with Crippen LogP contribution >= 0.6 is 0 Å². The molecule has 0 atom stereocenters. The zero-order valence-electron chi connectivity index (χ0n) is 60.3. The van der Waals surface area contributed by atoms with Gasteiger partial charge < -0.3 is 133 Å². The average molecular weight is 1430 g/mol.